The molecule has 0 bridgehead atoms. The van der Waals surface area contributed by atoms with Crippen LogP contribution in [0.15, 0.2) is 58.3 Å². The van der Waals surface area contributed by atoms with Crippen molar-refractivity contribution < 1.29 is 4.39 Å². The summed E-state index contributed by atoms with van der Waals surface area (Å²) in [5.41, 5.74) is 7.00. The summed E-state index contributed by atoms with van der Waals surface area (Å²) in [5.74, 6) is -0.215. The third-order valence-corrected chi connectivity index (χ3v) is 3.51. The first-order valence-corrected chi connectivity index (χ1v) is 6.26. The smallest absolute Gasteiger partial charge is 0.124 e. The monoisotopic (exact) mass is 247 g/mol. The standard InChI is InChI=1S/C14H14FNS/c1-10(16)13-7-2-3-8-14(13)17-12-6-4-5-11(15)9-12/h2-10H,16H2,1H3/t10-/m0/s1. The SMILES string of the molecule is C[C@H](N)c1ccccc1Sc1cccc(F)c1. The Morgan fingerprint density at radius 1 is 1.12 bits per heavy atom. The highest BCUT2D eigenvalue weighted by molar-refractivity contribution is 7.99. The topological polar surface area (TPSA) is 26.0 Å². The largest absolute Gasteiger partial charge is 0.324 e. The molecule has 0 unspecified atom stereocenters. The molecule has 2 N–H and O–H groups in total. The van der Waals surface area contributed by atoms with Crippen molar-refractivity contribution in [1.29, 1.82) is 0 Å². The van der Waals surface area contributed by atoms with Crippen molar-refractivity contribution in [2.24, 2.45) is 5.73 Å². The van der Waals surface area contributed by atoms with E-state index >= 15 is 0 Å². The molecule has 2 aromatic rings. The molecule has 88 valence electrons. The molecule has 0 aliphatic heterocycles. The van der Waals surface area contributed by atoms with E-state index in [1.165, 1.54) is 23.9 Å². The Bertz CT molecular complexity index is 511. The maximum Gasteiger partial charge on any atom is 0.124 e. The van der Waals surface area contributed by atoms with Crippen molar-refractivity contribution in [2.45, 2.75) is 22.8 Å². The fourth-order valence-corrected chi connectivity index (χ4v) is 2.70. The number of rotatable bonds is 3. The van der Waals surface area contributed by atoms with Gasteiger partial charge in [0.05, 0.1) is 0 Å². The lowest BCUT2D eigenvalue weighted by molar-refractivity contribution is 0.624. The van der Waals surface area contributed by atoms with E-state index in [0.717, 1.165) is 15.4 Å². The molecule has 0 saturated heterocycles. The highest BCUT2D eigenvalue weighted by Crippen LogP contribution is 2.32. The van der Waals surface area contributed by atoms with E-state index in [-0.39, 0.29) is 11.9 Å². The second-order valence-electron chi connectivity index (χ2n) is 3.89. The van der Waals surface area contributed by atoms with Crippen molar-refractivity contribution in [3.8, 4) is 0 Å². The van der Waals surface area contributed by atoms with Gasteiger partial charge in [-0.05, 0) is 36.8 Å². The van der Waals surface area contributed by atoms with Gasteiger partial charge in [0.1, 0.15) is 5.82 Å². The zero-order valence-electron chi connectivity index (χ0n) is 9.56. The second kappa shape index (κ2) is 5.34. The predicted octanol–water partition coefficient (Wildman–Crippen LogP) is 4.00. The molecule has 0 amide bonds. The molecule has 17 heavy (non-hydrogen) atoms. The van der Waals surface area contributed by atoms with E-state index in [4.69, 9.17) is 5.73 Å². The van der Waals surface area contributed by atoms with Crippen LogP contribution in [0.4, 0.5) is 4.39 Å². The van der Waals surface area contributed by atoms with Crippen LogP contribution in [0.5, 0.6) is 0 Å². The van der Waals surface area contributed by atoms with E-state index in [1.807, 2.05) is 37.3 Å². The van der Waals surface area contributed by atoms with Crippen LogP contribution < -0.4 is 5.73 Å². The van der Waals surface area contributed by atoms with Crippen LogP contribution in [-0.4, -0.2) is 0 Å². The Balaban J connectivity index is 2.30. The molecule has 0 saturated carbocycles. The molecule has 0 aliphatic carbocycles. The third kappa shape index (κ3) is 3.08. The van der Waals surface area contributed by atoms with Crippen molar-refractivity contribution in [2.75, 3.05) is 0 Å². The maximum absolute atomic E-state index is 13.1. The van der Waals surface area contributed by atoms with Gasteiger partial charge in [-0.25, -0.2) is 4.39 Å². The highest BCUT2D eigenvalue weighted by Gasteiger charge is 2.07. The van der Waals surface area contributed by atoms with Gasteiger partial charge in [-0.15, -0.1) is 0 Å². The van der Waals surface area contributed by atoms with Gasteiger partial charge in [0.15, 0.2) is 0 Å². The van der Waals surface area contributed by atoms with Crippen molar-refractivity contribution in [3.05, 3.63) is 59.9 Å². The fourth-order valence-electron chi connectivity index (χ4n) is 1.61. The quantitative estimate of drug-likeness (QED) is 0.887. The molecule has 2 aromatic carbocycles. The molecule has 1 atom stereocenters. The van der Waals surface area contributed by atoms with E-state index in [2.05, 4.69) is 0 Å². The first-order valence-electron chi connectivity index (χ1n) is 5.45. The predicted molar refractivity (Wildman–Crippen MR) is 69.6 cm³/mol. The summed E-state index contributed by atoms with van der Waals surface area (Å²) >= 11 is 1.54. The molecular weight excluding hydrogens is 233 g/mol. The zero-order chi connectivity index (χ0) is 12.3. The zero-order valence-corrected chi connectivity index (χ0v) is 10.4. The highest BCUT2D eigenvalue weighted by atomic mass is 32.2. The van der Waals surface area contributed by atoms with Crippen molar-refractivity contribution in [1.82, 2.24) is 0 Å². The van der Waals surface area contributed by atoms with Crippen LogP contribution >= 0.6 is 11.8 Å². The summed E-state index contributed by atoms with van der Waals surface area (Å²) in [6.07, 6.45) is 0. The Kier molecular flexibility index (Phi) is 3.82. The Hall–Kier alpha value is -1.32. The van der Waals surface area contributed by atoms with Crippen LogP contribution in [0.2, 0.25) is 0 Å². The lowest BCUT2D eigenvalue weighted by Crippen LogP contribution is -2.05. The molecule has 0 spiro atoms. The molecule has 0 aromatic heterocycles. The summed E-state index contributed by atoms with van der Waals surface area (Å²) in [6, 6.07) is 14.5. The van der Waals surface area contributed by atoms with Crippen LogP contribution in [-0.2, 0) is 0 Å². The van der Waals surface area contributed by atoms with E-state index < -0.39 is 0 Å². The second-order valence-corrected chi connectivity index (χ2v) is 5.00. The lowest BCUT2D eigenvalue weighted by atomic mass is 10.1. The van der Waals surface area contributed by atoms with Crippen LogP contribution in [0.1, 0.15) is 18.5 Å². The molecule has 2 rings (SSSR count). The van der Waals surface area contributed by atoms with Crippen LogP contribution in [0.25, 0.3) is 0 Å². The van der Waals surface area contributed by atoms with E-state index in [9.17, 15) is 4.39 Å². The summed E-state index contributed by atoms with van der Waals surface area (Å²) in [6.45, 7) is 1.95. The molecule has 0 heterocycles. The Morgan fingerprint density at radius 2 is 1.88 bits per heavy atom. The normalized spacial score (nSPS) is 12.4. The fraction of sp³-hybridized carbons (Fsp3) is 0.143. The van der Waals surface area contributed by atoms with Crippen molar-refractivity contribution >= 4 is 11.8 Å². The molecular formula is C14H14FNS. The number of halogens is 1. The first-order chi connectivity index (χ1) is 8.16. The lowest BCUT2D eigenvalue weighted by Gasteiger charge is -2.11. The molecule has 3 heteroatoms. The average Bonchev–Trinajstić information content (AvgIpc) is 2.29. The van der Waals surface area contributed by atoms with Crippen LogP contribution in [0.3, 0.4) is 0 Å². The molecule has 0 aliphatic rings. The molecule has 1 nitrogen and oxygen atoms in total. The van der Waals surface area contributed by atoms with Crippen LogP contribution in [0, 0.1) is 5.82 Å². The first kappa shape index (κ1) is 12.1. The number of nitrogens with two attached hydrogens (primary N) is 1. The minimum absolute atomic E-state index is 0.0211. The maximum atomic E-state index is 13.1. The molecule has 0 radical (unpaired) electrons. The average molecular weight is 247 g/mol. The number of hydrogen-bond donors (Lipinski definition) is 1. The van der Waals surface area contributed by atoms with Gasteiger partial charge in [0.25, 0.3) is 0 Å². The van der Waals surface area contributed by atoms with Gasteiger partial charge in [-0.1, -0.05) is 36.0 Å². The van der Waals surface area contributed by atoms with Gasteiger partial charge in [0.2, 0.25) is 0 Å². The minimum Gasteiger partial charge on any atom is -0.324 e. The number of hydrogen-bond acceptors (Lipinski definition) is 2. The Labute approximate surface area is 105 Å². The van der Waals surface area contributed by atoms with E-state index in [0.29, 0.717) is 0 Å². The van der Waals surface area contributed by atoms with Gasteiger partial charge >= 0.3 is 0 Å². The minimum atomic E-state index is -0.215. The van der Waals surface area contributed by atoms with E-state index in [1.54, 1.807) is 6.07 Å². The third-order valence-electron chi connectivity index (χ3n) is 2.43. The van der Waals surface area contributed by atoms with Gasteiger partial charge in [0, 0.05) is 15.8 Å². The van der Waals surface area contributed by atoms with Gasteiger partial charge in [-0.3, -0.25) is 0 Å². The van der Waals surface area contributed by atoms with Gasteiger partial charge in [-0.2, -0.15) is 0 Å². The summed E-state index contributed by atoms with van der Waals surface area (Å²) in [4.78, 5) is 1.96. The summed E-state index contributed by atoms with van der Waals surface area (Å²) in [7, 11) is 0. The molecule has 0 fully saturated rings. The Morgan fingerprint density at radius 3 is 2.59 bits per heavy atom. The van der Waals surface area contributed by atoms with Gasteiger partial charge < -0.3 is 5.73 Å². The van der Waals surface area contributed by atoms with Crippen molar-refractivity contribution in [3.63, 3.8) is 0 Å². The summed E-state index contributed by atoms with van der Waals surface area (Å²) < 4.78 is 13.1. The number of benzene rings is 2. The summed E-state index contributed by atoms with van der Waals surface area (Å²) in [5, 5.41) is 0.